The predicted molar refractivity (Wildman–Crippen MR) is 87.5 cm³/mol. The summed E-state index contributed by atoms with van der Waals surface area (Å²) in [5, 5.41) is 3.42. The maximum atomic E-state index is 12.4. The minimum atomic E-state index is 0.0993. The van der Waals surface area contributed by atoms with Gasteiger partial charge < -0.3 is 10.2 Å². The van der Waals surface area contributed by atoms with Crippen molar-refractivity contribution >= 4 is 29.0 Å². The van der Waals surface area contributed by atoms with Crippen molar-refractivity contribution in [3.8, 4) is 0 Å². The summed E-state index contributed by atoms with van der Waals surface area (Å²) in [6.45, 7) is 5.49. The molecule has 3 nitrogen and oxygen atoms in total. The van der Waals surface area contributed by atoms with Crippen LogP contribution in [0.1, 0.15) is 24.2 Å². The lowest BCUT2D eigenvalue weighted by Crippen LogP contribution is -2.30. The van der Waals surface area contributed by atoms with Crippen molar-refractivity contribution in [2.24, 2.45) is 0 Å². The molecular formula is C17H18N2OS. The number of anilines is 2. The highest BCUT2D eigenvalue weighted by Crippen LogP contribution is 2.44. The van der Waals surface area contributed by atoms with Gasteiger partial charge in [-0.3, -0.25) is 4.79 Å². The van der Waals surface area contributed by atoms with Crippen LogP contribution in [0.25, 0.3) is 0 Å². The lowest BCUT2D eigenvalue weighted by atomic mass is 10.1. The van der Waals surface area contributed by atoms with Gasteiger partial charge in [-0.1, -0.05) is 23.9 Å². The maximum absolute atomic E-state index is 12.4. The van der Waals surface area contributed by atoms with Crippen molar-refractivity contribution in [2.75, 3.05) is 18.4 Å². The Kier molecular flexibility index (Phi) is 3.88. The second-order valence-electron chi connectivity index (χ2n) is 4.91. The predicted octanol–water partition coefficient (Wildman–Crippen LogP) is 4.38. The van der Waals surface area contributed by atoms with Crippen LogP contribution < -0.4 is 5.32 Å². The summed E-state index contributed by atoms with van der Waals surface area (Å²) in [5.41, 5.74) is 2.94. The molecule has 0 atom stereocenters. The number of carbonyl (C=O) groups is 1. The molecule has 1 heterocycles. The largest absolute Gasteiger partial charge is 0.354 e. The van der Waals surface area contributed by atoms with E-state index in [-0.39, 0.29) is 5.91 Å². The van der Waals surface area contributed by atoms with Gasteiger partial charge in [-0.25, -0.2) is 0 Å². The first-order valence-electron chi connectivity index (χ1n) is 7.20. The van der Waals surface area contributed by atoms with E-state index < -0.39 is 0 Å². The standard InChI is InChI=1S/C17H18N2OS/c1-3-19(4-2)17(20)12-9-10-14-16(11-12)21-15-8-6-5-7-13(15)18-14/h5-11,18H,3-4H2,1-2H3. The first kappa shape index (κ1) is 14.0. The van der Waals surface area contributed by atoms with Gasteiger partial charge in [0.2, 0.25) is 0 Å². The molecule has 1 aliphatic heterocycles. The average Bonchev–Trinajstić information content (AvgIpc) is 2.53. The summed E-state index contributed by atoms with van der Waals surface area (Å²) in [6.07, 6.45) is 0. The average molecular weight is 298 g/mol. The topological polar surface area (TPSA) is 32.3 Å². The van der Waals surface area contributed by atoms with E-state index in [4.69, 9.17) is 0 Å². The fourth-order valence-corrected chi connectivity index (χ4v) is 3.49. The van der Waals surface area contributed by atoms with E-state index in [1.165, 1.54) is 4.90 Å². The second kappa shape index (κ2) is 5.82. The molecule has 0 bridgehead atoms. The quantitative estimate of drug-likeness (QED) is 0.779. The molecule has 3 rings (SSSR count). The first-order chi connectivity index (χ1) is 10.2. The Labute approximate surface area is 129 Å². The minimum absolute atomic E-state index is 0.0993. The smallest absolute Gasteiger partial charge is 0.253 e. The summed E-state index contributed by atoms with van der Waals surface area (Å²) in [7, 11) is 0. The van der Waals surface area contributed by atoms with E-state index in [9.17, 15) is 4.79 Å². The highest BCUT2D eigenvalue weighted by atomic mass is 32.2. The number of carbonyl (C=O) groups excluding carboxylic acids is 1. The van der Waals surface area contributed by atoms with Crippen LogP contribution in [0.5, 0.6) is 0 Å². The molecule has 0 aliphatic carbocycles. The molecule has 0 radical (unpaired) electrons. The lowest BCUT2D eigenvalue weighted by Gasteiger charge is -2.23. The second-order valence-corrected chi connectivity index (χ2v) is 6.00. The number of nitrogens with zero attached hydrogens (tertiary/aromatic N) is 1. The molecule has 1 amide bonds. The van der Waals surface area contributed by atoms with Crippen molar-refractivity contribution in [3.05, 3.63) is 48.0 Å². The number of nitrogens with one attached hydrogen (secondary N) is 1. The molecule has 21 heavy (non-hydrogen) atoms. The van der Waals surface area contributed by atoms with Crippen molar-refractivity contribution < 1.29 is 4.79 Å². The molecule has 0 fully saturated rings. The Morgan fingerprint density at radius 3 is 2.52 bits per heavy atom. The molecule has 108 valence electrons. The summed E-state index contributed by atoms with van der Waals surface area (Å²) in [4.78, 5) is 16.6. The number of para-hydroxylation sites is 1. The summed E-state index contributed by atoms with van der Waals surface area (Å²) < 4.78 is 0. The Morgan fingerprint density at radius 1 is 1.05 bits per heavy atom. The van der Waals surface area contributed by atoms with Gasteiger partial charge in [0, 0.05) is 28.4 Å². The molecule has 1 N–H and O–H groups in total. The van der Waals surface area contributed by atoms with Gasteiger partial charge in [0.25, 0.3) is 5.91 Å². The molecule has 1 aliphatic rings. The van der Waals surface area contributed by atoms with Crippen LogP contribution in [0.3, 0.4) is 0 Å². The maximum Gasteiger partial charge on any atom is 0.253 e. The number of amides is 1. The van der Waals surface area contributed by atoms with Gasteiger partial charge in [0.15, 0.2) is 0 Å². The zero-order chi connectivity index (χ0) is 14.8. The molecule has 0 aromatic heterocycles. The van der Waals surface area contributed by atoms with Crippen LogP contribution in [-0.4, -0.2) is 23.9 Å². The molecule has 0 unspecified atom stereocenters. The van der Waals surface area contributed by atoms with Crippen molar-refractivity contribution in [3.63, 3.8) is 0 Å². The van der Waals surface area contributed by atoms with Gasteiger partial charge in [-0.15, -0.1) is 0 Å². The van der Waals surface area contributed by atoms with Gasteiger partial charge in [-0.2, -0.15) is 0 Å². The summed E-state index contributed by atoms with van der Waals surface area (Å²) in [5.74, 6) is 0.0993. The number of hydrogen-bond donors (Lipinski definition) is 1. The zero-order valence-corrected chi connectivity index (χ0v) is 13.0. The Balaban J connectivity index is 1.92. The van der Waals surface area contributed by atoms with Gasteiger partial charge in [-0.05, 0) is 44.2 Å². The van der Waals surface area contributed by atoms with E-state index in [2.05, 4.69) is 17.4 Å². The van der Waals surface area contributed by atoms with E-state index in [0.29, 0.717) is 0 Å². The van der Waals surface area contributed by atoms with Crippen LogP contribution in [-0.2, 0) is 0 Å². The molecule has 2 aromatic carbocycles. The zero-order valence-electron chi connectivity index (χ0n) is 12.2. The van der Waals surface area contributed by atoms with E-state index in [0.717, 1.165) is 34.9 Å². The molecular weight excluding hydrogens is 280 g/mol. The third-order valence-corrected chi connectivity index (χ3v) is 4.79. The van der Waals surface area contributed by atoms with Gasteiger partial charge in [0.05, 0.1) is 11.4 Å². The highest BCUT2D eigenvalue weighted by Gasteiger charge is 2.18. The van der Waals surface area contributed by atoms with Crippen molar-refractivity contribution in [1.82, 2.24) is 4.90 Å². The summed E-state index contributed by atoms with van der Waals surface area (Å²) in [6, 6.07) is 14.1. The fraction of sp³-hybridized carbons (Fsp3) is 0.235. The van der Waals surface area contributed by atoms with E-state index >= 15 is 0 Å². The van der Waals surface area contributed by atoms with Crippen LogP contribution >= 0.6 is 11.8 Å². The van der Waals surface area contributed by atoms with Crippen LogP contribution in [0, 0.1) is 0 Å². The van der Waals surface area contributed by atoms with Crippen LogP contribution in [0.2, 0.25) is 0 Å². The van der Waals surface area contributed by atoms with Crippen LogP contribution in [0.4, 0.5) is 11.4 Å². The molecule has 4 heteroatoms. The number of benzene rings is 2. The number of hydrogen-bond acceptors (Lipinski definition) is 3. The number of rotatable bonds is 3. The normalized spacial score (nSPS) is 12.1. The highest BCUT2D eigenvalue weighted by molar-refractivity contribution is 7.99. The third kappa shape index (κ3) is 2.63. The van der Waals surface area contributed by atoms with Gasteiger partial charge >= 0.3 is 0 Å². The lowest BCUT2D eigenvalue weighted by molar-refractivity contribution is 0.0773. The third-order valence-electron chi connectivity index (χ3n) is 3.66. The fourth-order valence-electron chi connectivity index (χ4n) is 2.46. The molecule has 0 spiro atoms. The summed E-state index contributed by atoms with van der Waals surface area (Å²) >= 11 is 1.71. The molecule has 0 saturated carbocycles. The van der Waals surface area contributed by atoms with Crippen molar-refractivity contribution in [2.45, 2.75) is 23.6 Å². The van der Waals surface area contributed by atoms with E-state index in [1.54, 1.807) is 11.8 Å². The Hall–Kier alpha value is -1.94. The first-order valence-corrected chi connectivity index (χ1v) is 8.01. The van der Waals surface area contributed by atoms with Crippen LogP contribution in [0.15, 0.2) is 52.3 Å². The Morgan fingerprint density at radius 2 is 1.76 bits per heavy atom. The number of fused-ring (bicyclic) bond motifs is 2. The molecule has 0 saturated heterocycles. The van der Waals surface area contributed by atoms with E-state index in [1.807, 2.05) is 49.1 Å². The van der Waals surface area contributed by atoms with Gasteiger partial charge in [0.1, 0.15) is 0 Å². The monoisotopic (exact) mass is 298 g/mol. The van der Waals surface area contributed by atoms with Crippen molar-refractivity contribution in [1.29, 1.82) is 0 Å². The Bertz CT molecular complexity index is 680. The molecule has 2 aromatic rings. The minimum Gasteiger partial charge on any atom is -0.354 e. The SMILES string of the molecule is CCN(CC)C(=O)c1ccc2c(c1)Sc1ccccc1N2.